The minimum absolute atomic E-state index is 0.0867. The van der Waals surface area contributed by atoms with E-state index in [9.17, 15) is 0 Å². The van der Waals surface area contributed by atoms with Gasteiger partial charge in [0, 0.05) is 26.2 Å². The Morgan fingerprint density at radius 2 is 1.17 bits per heavy atom. The largest absolute Gasteiger partial charge is 0.409 e. The fraction of sp³-hybridized carbons (Fsp3) is 0.800. The van der Waals surface area contributed by atoms with E-state index >= 15 is 0 Å². The van der Waals surface area contributed by atoms with Crippen molar-refractivity contribution in [2.24, 2.45) is 21.8 Å². The maximum absolute atomic E-state index is 8.65. The van der Waals surface area contributed by atoms with Gasteiger partial charge in [-0.15, -0.1) is 0 Å². The normalized spacial score (nSPS) is 23.9. The van der Waals surface area contributed by atoms with Gasteiger partial charge in [-0.25, -0.2) is 0 Å². The van der Waals surface area contributed by atoms with Crippen molar-refractivity contribution in [3.63, 3.8) is 0 Å². The second kappa shape index (κ2) is 6.41. The molecular formula is C10H22N6O2. The van der Waals surface area contributed by atoms with E-state index in [2.05, 4.69) is 20.1 Å². The molecule has 0 bridgehead atoms. The van der Waals surface area contributed by atoms with E-state index in [0.29, 0.717) is 0 Å². The predicted molar refractivity (Wildman–Crippen MR) is 68.9 cm³/mol. The van der Waals surface area contributed by atoms with Gasteiger partial charge in [0.25, 0.3) is 0 Å². The third kappa shape index (κ3) is 3.23. The van der Waals surface area contributed by atoms with Crippen molar-refractivity contribution in [2.45, 2.75) is 25.9 Å². The molecule has 8 nitrogen and oxygen atoms in total. The molecule has 1 heterocycles. The van der Waals surface area contributed by atoms with Crippen LogP contribution in [-0.4, -0.2) is 70.1 Å². The average Bonchev–Trinajstić information content (AvgIpc) is 2.44. The van der Waals surface area contributed by atoms with Crippen LogP contribution in [-0.2, 0) is 0 Å². The molecule has 1 aliphatic heterocycles. The molecule has 104 valence electrons. The lowest BCUT2D eigenvalue weighted by Crippen LogP contribution is -2.56. The van der Waals surface area contributed by atoms with Gasteiger partial charge in [0.05, 0.1) is 12.1 Å². The molecule has 0 spiro atoms. The Morgan fingerprint density at radius 3 is 1.39 bits per heavy atom. The average molecular weight is 258 g/mol. The highest BCUT2D eigenvalue weighted by atomic mass is 16.4. The summed E-state index contributed by atoms with van der Waals surface area (Å²) < 4.78 is 0. The van der Waals surface area contributed by atoms with Gasteiger partial charge in [0.1, 0.15) is 0 Å². The van der Waals surface area contributed by atoms with E-state index in [1.54, 1.807) is 0 Å². The number of rotatable bonds is 4. The van der Waals surface area contributed by atoms with Crippen molar-refractivity contribution in [1.29, 1.82) is 0 Å². The van der Waals surface area contributed by atoms with E-state index in [1.165, 1.54) is 0 Å². The number of hydrogen-bond donors (Lipinski definition) is 4. The van der Waals surface area contributed by atoms with Gasteiger partial charge in [-0.2, -0.15) is 0 Å². The minimum Gasteiger partial charge on any atom is -0.409 e. The highest BCUT2D eigenvalue weighted by molar-refractivity contribution is 5.85. The summed E-state index contributed by atoms with van der Waals surface area (Å²) in [6, 6.07) is -0.173. The van der Waals surface area contributed by atoms with Gasteiger partial charge in [0.15, 0.2) is 11.7 Å². The van der Waals surface area contributed by atoms with Crippen LogP contribution in [0.3, 0.4) is 0 Å². The Kier molecular flexibility index (Phi) is 5.17. The summed E-state index contributed by atoms with van der Waals surface area (Å²) in [5, 5.41) is 23.3. The van der Waals surface area contributed by atoms with Crippen molar-refractivity contribution < 1.29 is 10.4 Å². The number of nitrogens with two attached hydrogens (primary N) is 2. The summed E-state index contributed by atoms with van der Waals surface area (Å²) in [4.78, 5) is 4.26. The third-order valence-corrected chi connectivity index (χ3v) is 3.53. The van der Waals surface area contributed by atoms with Crippen LogP contribution in [0.1, 0.15) is 13.8 Å². The monoisotopic (exact) mass is 258 g/mol. The molecule has 0 aromatic carbocycles. The standard InChI is InChI=1S/C10H22N6O2/c1-7(9(11)13-17)15-3-5-16(6-4-15)8(2)10(12)14-18/h7-8,17-18H,3-6H2,1-2H3,(H2,11,13)(H2,12,14). The Bertz CT molecular complexity index is 292. The number of nitrogens with zero attached hydrogens (tertiary/aromatic N) is 4. The van der Waals surface area contributed by atoms with Gasteiger partial charge >= 0.3 is 0 Å². The summed E-state index contributed by atoms with van der Waals surface area (Å²) in [6.07, 6.45) is 0. The topological polar surface area (TPSA) is 124 Å². The van der Waals surface area contributed by atoms with Crippen molar-refractivity contribution in [3.05, 3.63) is 0 Å². The van der Waals surface area contributed by atoms with Crippen LogP contribution >= 0.6 is 0 Å². The van der Waals surface area contributed by atoms with Gasteiger partial charge in [-0.1, -0.05) is 10.3 Å². The molecule has 8 heteroatoms. The maximum Gasteiger partial charge on any atom is 0.156 e. The number of oxime groups is 2. The predicted octanol–water partition coefficient (Wildman–Crippen LogP) is -1.13. The second-order valence-corrected chi connectivity index (χ2v) is 4.47. The first-order chi connectivity index (χ1) is 8.51. The van der Waals surface area contributed by atoms with E-state index < -0.39 is 0 Å². The van der Waals surface area contributed by atoms with E-state index in [-0.39, 0.29) is 23.8 Å². The second-order valence-electron chi connectivity index (χ2n) is 4.47. The highest BCUT2D eigenvalue weighted by Crippen LogP contribution is 2.09. The highest BCUT2D eigenvalue weighted by Gasteiger charge is 2.27. The first-order valence-corrected chi connectivity index (χ1v) is 5.94. The third-order valence-electron chi connectivity index (χ3n) is 3.53. The maximum atomic E-state index is 8.65. The molecule has 0 aromatic heterocycles. The van der Waals surface area contributed by atoms with Crippen molar-refractivity contribution in [3.8, 4) is 0 Å². The molecule has 0 radical (unpaired) electrons. The molecule has 2 atom stereocenters. The molecule has 0 aliphatic carbocycles. The molecule has 1 rings (SSSR count). The molecular weight excluding hydrogens is 236 g/mol. The van der Waals surface area contributed by atoms with Gasteiger partial charge in [-0.05, 0) is 13.8 Å². The Balaban J connectivity index is 2.51. The molecule has 0 amide bonds. The zero-order chi connectivity index (χ0) is 13.7. The van der Waals surface area contributed by atoms with Crippen molar-refractivity contribution >= 4 is 11.7 Å². The fourth-order valence-corrected chi connectivity index (χ4v) is 2.05. The van der Waals surface area contributed by atoms with Crippen molar-refractivity contribution in [1.82, 2.24) is 9.80 Å². The lowest BCUT2D eigenvalue weighted by molar-refractivity contribution is 0.110. The molecule has 1 saturated heterocycles. The lowest BCUT2D eigenvalue weighted by Gasteiger charge is -2.39. The number of amidine groups is 2. The van der Waals surface area contributed by atoms with Crippen LogP contribution in [0.2, 0.25) is 0 Å². The Morgan fingerprint density at radius 1 is 0.889 bits per heavy atom. The van der Waals surface area contributed by atoms with Crippen LogP contribution in [0.4, 0.5) is 0 Å². The van der Waals surface area contributed by atoms with Crippen LogP contribution in [0.15, 0.2) is 10.3 Å². The quantitative estimate of drug-likeness (QED) is 0.219. The Labute approximate surface area is 107 Å². The SMILES string of the molecule is CC(/C(N)=N\O)N1CCN(C(C)/C(N)=N\O)CC1. The molecule has 1 fully saturated rings. The summed E-state index contributed by atoms with van der Waals surface area (Å²) in [7, 11) is 0. The van der Waals surface area contributed by atoms with Gasteiger partial charge < -0.3 is 21.9 Å². The molecule has 18 heavy (non-hydrogen) atoms. The van der Waals surface area contributed by atoms with Crippen LogP contribution < -0.4 is 11.5 Å². The summed E-state index contributed by atoms with van der Waals surface area (Å²) in [6.45, 7) is 6.97. The smallest absolute Gasteiger partial charge is 0.156 e. The minimum atomic E-state index is -0.0867. The fourth-order valence-electron chi connectivity index (χ4n) is 2.05. The zero-order valence-electron chi connectivity index (χ0n) is 10.8. The summed E-state index contributed by atoms with van der Waals surface area (Å²) in [5.74, 6) is 0.431. The van der Waals surface area contributed by atoms with Crippen LogP contribution in [0.25, 0.3) is 0 Å². The molecule has 2 unspecified atom stereocenters. The van der Waals surface area contributed by atoms with Gasteiger partial charge in [-0.3, -0.25) is 9.80 Å². The first kappa shape index (κ1) is 14.5. The lowest BCUT2D eigenvalue weighted by atomic mass is 10.1. The van der Waals surface area contributed by atoms with Crippen LogP contribution in [0.5, 0.6) is 0 Å². The number of hydrogen-bond acceptors (Lipinski definition) is 6. The summed E-state index contributed by atoms with van der Waals surface area (Å²) >= 11 is 0. The first-order valence-electron chi connectivity index (χ1n) is 5.94. The zero-order valence-corrected chi connectivity index (χ0v) is 10.8. The molecule has 1 aliphatic rings. The number of piperazine rings is 1. The molecule has 0 aromatic rings. The Hall–Kier alpha value is -1.54. The van der Waals surface area contributed by atoms with E-state index in [4.69, 9.17) is 21.9 Å². The van der Waals surface area contributed by atoms with E-state index in [1.807, 2.05) is 13.8 Å². The summed E-state index contributed by atoms with van der Waals surface area (Å²) in [5.41, 5.74) is 11.2. The van der Waals surface area contributed by atoms with Crippen LogP contribution in [0, 0.1) is 0 Å². The van der Waals surface area contributed by atoms with Crippen molar-refractivity contribution in [2.75, 3.05) is 26.2 Å². The van der Waals surface area contributed by atoms with E-state index in [0.717, 1.165) is 26.2 Å². The molecule has 0 saturated carbocycles. The van der Waals surface area contributed by atoms with Gasteiger partial charge in [0.2, 0.25) is 0 Å². The molecule has 6 N–H and O–H groups in total.